The molecule has 0 radical (unpaired) electrons. The highest BCUT2D eigenvalue weighted by Gasteiger charge is 2.15. The molecule has 0 fully saturated rings. The van der Waals surface area contributed by atoms with Gasteiger partial charge in [0.25, 0.3) is 5.56 Å². The van der Waals surface area contributed by atoms with Gasteiger partial charge in [0.15, 0.2) is 0 Å². The van der Waals surface area contributed by atoms with Gasteiger partial charge in [0.05, 0.1) is 13.4 Å². The summed E-state index contributed by atoms with van der Waals surface area (Å²) in [5, 5.41) is 2.75. The van der Waals surface area contributed by atoms with Gasteiger partial charge in [0.2, 0.25) is 5.91 Å². The van der Waals surface area contributed by atoms with Crippen molar-refractivity contribution in [1.29, 1.82) is 0 Å². The Balaban J connectivity index is 1.59. The number of carbonyl (C=O) groups excluding carboxylic acids is 1. The summed E-state index contributed by atoms with van der Waals surface area (Å²) in [7, 11) is 1.56. The average molecular weight is 392 g/mol. The highest BCUT2D eigenvalue weighted by molar-refractivity contribution is 7.13. The van der Waals surface area contributed by atoms with Crippen LogP contribution in [0, 0.1) is 0 Å². The Bertz CT molecular complexity index is 1200. The van der Waals surface area contributed by atoms with Gasteiger partial charge in [-0.1, -0.05) is 36.4 Å². The van der Waals surface area contributed by atoms with Gasteiger partial charge in [-0.05, 0) is 23.7 Å². The van der Waals surface area contributed by atoms with Crippen molar-refractivity contribution in [3.8, 4) is 17.0 Å². The van der Waals surface area contributed by atoms with E-state index in [2.05, 4.69) is 14.7 Å². The van der Waals surface area contributed by atoms with Crippen LogP contribution >= 0.6 is 11.5 Å². The normalized spacial score (nSPS) is 10.8. The number of aromatic nitrogens is 3. The van der Waals surface area contributed by atoms with Crippen LogP contribution < -0.4 is 15.6 Å². The second-order valence-corrected chi connectivity index (χ2v) is 6.81. The fourth-order valence-electron chi connectivity index (χ4n) is 2.81. The molecule has 0 bridgehead atoms. The molecule has 2 aromatic carbocycles. The maximum Gasteiger partial charge on any atom is 0.273 e. The first-order chi connectivity index (χ1) is 13.7. The predicted octanol–water partition coefficient (Wildman–Crippen LogP) is 3.17. The molecule has 0 aliphatic rings. The lowest BCUT2D eigenvalue weighted by molar-refractivity contribution is -0.116. The number of ether oxygens (including phenoxy) is 1. The molecule has 2 aromatic heterocycles. The van der Waals surface area contributed by atoms with Gasteiger partial charge in [0, 0.05) is 17.3 Å². The number of methoxy groups -OCH3 is 1. The largest absolute Gasteiger partial charge is 0.497 e. The molecule has 2 heterocycles. The Morgan fingerprint density at radius 1 is 1.18 bits per heavy atom. The lowest BCUT2D eigenvalue weighted by atomic mass is 10.1. The number of nitrogens with one attached hydrogen (secondary N) is 1. The zero-order chi connectivity index (χ0) is 19.5. The maximum absolute atomic E-state index is 12.8. The summed E-state index contributed by atoms with van der Waals surface area (Å²) in [6.45, 7) is -0.141. The minimum atomic E-state index is -0.329. The minimum absolute atomic E-state index is 0.141. The Morgan fingerprint density at radius 2 is 2.00 bits per heavy atom. The van der Waals surface area contributed by atoms with Crippen molar-refractivity contribution >= 4 is 33.3 Å². The van der Waals surface area contributed by atoms with E-state index in [0.717, 1.165) is 17.1 Å². The standard InChI is InChI=1S/C20H16N4O3S/c1-27-15-9-5-8-14(10-15)22-16(25)11-24-12-21-18-17(13-6-3-2-4-7-13)23-28-19(18)20(24)26/h2-10,12H,11H2,1H3,(H,22,25). The molecular formula is C20H16N4O3S. The summed E-state index contributed by atoms with van der Waals surface area (Å²) in [5.41, 5.74) is 2.42. The van der Waals surface area contributed by atoms with Crippen molar-refractivity contribution in [2.45, 2.75) is 6.54 Å². The number of anilines is 1. The van der Waals surface area contributed by atoms with E-state index >= 15 is 0 Å². The summed E-state index contributed by atoms with van der Waals surface area (Å²) in [6.07, 6.45) is 1.39. The molecule has 1 N–H and O–H groups in total. The van der Waals surface area contributed by atoms with Crippen molar-refractivity contribution in [2.75, 3.05) is 12.4 Å². The zero-order valence-electron chi connectivity index (χ0n) is 15.0. The number of hydrogen-bond donors (Lipinski definition) is 1. The summed E-state index contributed by atoms with van der Waals surface area (Å²) in [6, 6.07) is 16.6. The van der Waals surface area contributed by atoms with Gasteiger partial charge < -0.3 is 10.1 Å². The van der Waals surface area contributed by atoms with Gasteiger partial charge >= 0.3 is 0 Å². The molecule has 0 spiro atoms. The Hall–Kier alpha value is -3.52. The number of fused-ring (bicyclic) bond motifs is 1. The second-order valence-electron chi connectivity index (χ2n) is 6.03. The predicted molar refractivity (Wildman–Crippen MR) is 109 cm³/mol. The van der Waals surface area contributed by atoms with Crippen LogP contribution in [-0.4, -0.2) is 26.9 Å². The molecule has 0 unspecified atom stereocenters. The van der Waals surface area contributed by atoms with Crippen LogP contribution in [-0.2, 0) is 11.3 Å². The van der Waals surface area contributed by atoms with E-state index in [0.29, 0.717) is 27.3 Å². The minimum Gasteiger partial charge on any atom is -0.497 e. The molecular weight excluding hydrogens is 376 g/mol. The number of rotatable bonds is 5. The smallest absolute Gasteiger partial charge is 0.273 e. The van der Waals surface area contributed by atoms with Crippen LogP contribution in [0.4, 0.5) is 5.69 Å². The lowest BCUT2D eigenvalue weighted by Gasteiger charge is -2.08. The molecule has 4 rings (SSSR count). The average Bonchev–Trinajstić information content (AvgIpc) is 3.16. The Labute approximate surface area is 164 Å². The molecule has 0 atom stereocenters. The third kappa shape index (κ3) is 3.49. The molecule has 0 aliphatic heterocycles. The SMILES string of the molecule is COc1cccc(NC(=O)Cn2cnc3c(-c4ccccc4)nsc3c2=O)c1. The molecule has 0 saturated carbocycles. The summed E-state index contributed by atoms with van der Waals surface area (Å²) >= 11 is 1.09. The topological polar surface area (TPSA) is 86.1 Å². The summed E-state index contributed by atoms with van der Waals surface area (Å²) < 4.78 is 11.2. The molecule has 4 aromatic rings. The van der Waals surface area contributed by atoms with Crippen LogP contribution in [0.3, 0.4) is 0 Å². The van der Waals surface area contributed by atoms with Crippen molar-refractivity contribution in [1.82, 2.24) is 13.9 Å². The molecule has 7 nitrogen and oxygen atoms in total. The summed E-state index contributed by atoms with van der Waals surface area (Å²) in [5.74, 6) is 0.306. The monoisotopic (exact) mass is 392 g/mol. The first kappa shape index (κ1) is 17.9. The van der Waals surface area contributed by atoms with Gasteiger partial charge in [-0.2, -0.15) is 4.37 Å². The molecule has 8 heteroatoms. The van der Waals surface area contributed by atoms with Crippen LogP contribution in [0.25, 0.3) is 21.5 Å². The fraction of sp³-hybridized carbons (Fsp3) is 0.100. The number of carbonyl (C=O) groups is 1. The van der Waals surface area contributed by atoms with E-state index in [1.54, 1.807) is 31.4 Å². The van der Waals surface area contributed by atoms with E-state index in [4.69, 9.17) is 4.74 Å². The molecule has 0 saturated heterocycles. The van der Waals surface area contributed by atoms with E-state index < -0.39 is 0 Å². The van der Waals surface area contributed by atoms with Crippen LogP contribution in [0.1, 0.15) is 0 Å². The zero-order valence-corrected chi connectivity index (χ0v) is 15.8. The number of amides is 1. The van der Waals surface area contributed by atoms with Crippen molar-refractivity contribution in [3.63, 3.8) is 0 Å². The first-order valence-electron chi connectivity index (χ1n) is 8.50. The van der Waals surface area contributed by atoms with Crippen LogP contribution in [0.2, 0.25) is 0 Å². The molecule has 0 aliphatic carbocycles. The van der Waals surface area contributed by atoms with Crippen LogP contribution in [0.5, 0.6) is 5.75 Å². The molecule has 140 valence electrons. The van der Waals surface area contributed by atoms with Gasteiger partial charge in [0.1, 0.15) is 28.2 Å². The number of benzene rings is 2. The lowest BCUT2D eigenvalue weighted by Crippen LogP contribution is -2.27. The quantitative estimate of drug-likeness (QED) is 0.564. The Kier molecular flexibility index (Phi) is 4.86. The van der Waals surface area contributed by atoms with E-state index in [1.807, 2.05) is 30.3 Å². The first-order valence-corrected chi connectivity index (χ1v) is 9.27. The van der Waals surface area contributed by atoms with Crippen molar-refractivity contribution in [3.05, 3.63) is 71.3 Å². The second kappa shape index (κ2) is 7.61. The molecule has 1 amide bonds. The highest BCUT2D eigenvalue weighted by Crippen LogP contribution is 2.26. The van der Waals surface area contributed by atoms with Crippen LogP contribution in [0.15, 0.2) is 65.7 Å². The number of hydrogen-bond acceptors (Lipinski definition) is 6. The third-order valence-corrected chi connectivity index (χ3v) is 4.99. The Morgan fingerprint density at radius 3 is 2.79 bits per heavy atom. The van der Waals surface area contributed by atoms with Crippen molar-refractivity contribution < 1.29 is 9.53 Å². The third-order valence-electron chi connectivity index (χ3n) is 4.16. The van der Waals surface area contributed by atoms with Gasteiger partial charge in [-0.25, -0.2) is 4.98 Å². The van der Waals surface area contributed by atoms with Crippen molar-refractivity contribution in [2.24, 2.45) is 0 Å². The summed E-state index contributed by atoms with van der Waals surface area (Å²) in [4.78, 5) is 29.5. The van der Waals surface area contributed by atoms with E-state index in [-0.39, 0.29) is 18.0 Å². The van der Waals surface area contributed by atoms with E-state index in [9.17, 15) is 9.59 Å². The fourth-order valence-corrected chi connectivity index (χ4v) is 3.62. The van der Waals surface area contributed by atoms with Gasteiger partial charge in [-0.3, -0.25) is 14.2 Å². The highest BCUT2D eigenvalue weighted by atomic mass is 32.1. The van der Waals surface area contributed by atoms with Gasteiger partial charge in [-0.15, -0.1) is 0 Å². The maximum atomic E-state index is 12.8. The molecule has 28 heavy (non-hydrogen) atoms. The number of nitrogens with zero attached hydrogens (tertiary/aromatic N) is 3. The van der Waals surface area contributed by atoms with E-state index in [1.165, 1.54) is 10.9 Å².